The van der Waals surface area contributed by atoms with Crippen LogP contribution in [-0.2, 0) is 0 Å². The third-order valence-corrected chi connectivity index (χ3v) is 5.41. The molecular formula is C18H18Cl2N4. The van der Waals surface area contributed by atoms with Gasteiger partial charge in [-0.15, -0.1) is 0 Å². The maximum atomic E-state index is 6.19. The van der Waals surface area contributed by atoms with Crippen LogP contribution < -0.4 is 5.32 Å². The first-order chi connectivity index (χ1) is 11.6. The predicted octanol–water partition coefficient (Wildman–Crippen LogP) is 4.86. The molecule has 24 heavy (non-hydrogen) atoms. The Hall–Kier alpha value is -1.62. The van der Waals surface area contributed by atoms with Crippen molar-refractivity contribution in [3.63, 3.8) is 0 Å². The smallest absolute Gasteiger partial charge is 0.132 e. The second kappa shape index (κ2) is 6.36. The van der Waals surface area contributed by atoms with Gasteiger partial charge in [-0.25, -0.2) is 9.97 Å². The van der Waals surface area contributed by atoms with Crippen molar-refractivity contribution in [1.82, 2.24) is 20.3 Å². The number of rotatable bonds is 2. The van der Waals surface area contributed by atoms with Crippen LogP contribution in [0.4, 0.5) is 0 Å². The molecule has 2 N–H and O–H groups in total. The maximum Gasteiger partial charge on any atom is 0.132 e. The highest BCUT2D eigenvalue weighted by Crippen LogP contribution is 2.37. The van der Waals surface area contributed by atoms with Crippen LogP contribution in [0.15, 0.2) is 36.7 Å². The van der Waals surface area contributed by atoms with Crippen LogP contribution in [0, 0.1) is 0 Å². The van der Waals surface area contributed by atoms with Crippen molar-refractivity contribution >= 4 is 34.2 Å². The van der Waals surface area contributed by atoms with Crippen LogP contribution in [0.3, 0.4) is 0 Å². The molecule has 1 aliphatic heterocycles. The zero-order chi connectivity index (χ0) is 16.7. The van der Waals surface area contributed by atoms with Crippen LogP contribution in [0.1, 0.15) is 43.1 Å². The van der Waals surface area contributed by atoms with Gasteiger partial charge in [0, 0.05) is 24.2 Å². The van der Waals surface area contributed by atoms with Gasteiger partial charge in [-0.1, -0.05) is 29.3 Å². The number of piperidine rings is 1. The Balaban J connectivity index is 1.63. The Morgan fingerprint density at radius 2 is 2.00 bits per heavy atom. The molecule has 0 bridgehead atoms. The molecule has 2 aromatic heterocycles. The first-order valence-electron chi connectivity index (χ1n) is 8.11. The molecule has 0 radical (unpaired) electrons. The zero-order valence-corrected chi connectivity index (χ0v) is 14.8. The van der Waals surface area contributed by atoms with E-state index in [2.05, 4.69) is 22.2 Å². The highest BCUT2D eigenvalue weighted by molar-refractivity contribution is 6.42. The number of halogens is 2. The second-order valence-corrected chi connectivity index (χ2v) is 7.28. The van der Waals surface area contributed by atoms with E-state index in [9.17, 15) is 0 Å². The van der Waals surface area contributed by atoms with E-state index in [-0.39, 0.29) is 6.04 Å². The Kier molecular flexibility index (Phi) is 4.21. The van der Waals surface area contributed by atoms with Gasteiger partial charge in [-0.3, -0.25) is 0 Å². The van der Waals surface area contributed by atoms with E-state index in [0.29, 0.717) is 22.0 Å². The van der Waals surface area contributed by atoms with Crippen molar-refractivity contribution in [2.45, 2.75) is 37.8 Å². The van der Waals surface area contributed by atoms with Crippen molar-refractivity contribution in [2.75, 3.05) is 0 Å². The molecule has 1 aromatic carbocycles. The summed E-state index contributed by atoms with van der Waals surface area (Å²) in [7, 11) is 0. The lowest BCUT2D eigenvalue weighted by Gasteiger charge is -2.34. The molecule has 1 fully saturated rings. The van der Waals surface area contributed by atoms with Crippen molar-refractivity contribution in [2.24, 2.45) is 0 Å². The minimum Gasteiger partial charge on any atom is -0.359 e. The average Bonchev–Trinajstić information content (AvgIpc) is 3.04. The topological polar surface area (TPSA) is 53.6 Å². The molecule has 4 rings (SSSR count). The fourth-order valence-corrected chi connectivity index (χ4v) is 3.82. The number of hydrogen-bond acceptors (Lipinski definition) is 3. The summed E-state index contributed by atoms with van der Waals surface area (Å²) in [5.41, 5.74) is 3.10. The molecule has 3 heterocycles. The minimum absolute atomic E-state index is 0.221. The molecule has 0 saturated carbocycles. The summed E-state index contributed by atoms with van der Waals surface area (Å²) in [6.45, 7) is 2.20. The van der Waals surface area contributed by atoms with Crippen LogP contribution in [0.25, 0.3) is 11.0 Å². The Bertz CT molecular complexity index is 876. The molecule has 1 aliphatic rings. The summed E-state index contributed by atoms with van der Waals surface area (Å²) in [5, 5.41) is 4.83. The van der Waals surface area contributed by atoms with Crippen LogP contribution in [0.2, 0.25) is 10.0 Å². The quantitative estimate of drug-likeness (QED) is 0.685. The van der Waals surface area contributed by atoms with Crippen molar-refractivity contribution in [1.29, 1.82) is 0 Å². The van der Waals surface area contributed by atoms with Crippen molar-refractivity contribution < 1.29 is 0 Å². The summed E-state index contributed by atoms with van der Waals surface area (Å²) in [5.74, 6) is 1.24. The first-order valence-corrected chi connectivity index (χ1v) is 8.87. The molecule has 0 aliphatic carbocycles. The van der Waals surface area contributed by atoms with E-state index < -0.39 is 0 Å². The fraction of sp³-hybridized carbons (Fsp3) is 0.333. The van der Waals surface area contributed by atoms with Crippen LogP contribution in [0.5, 0.6) is 0 Å². The van der Waals surface area contributed by atoms with E-state index in [1.165, 1.54) is 0 Å². The van der Waals surface area contributed by atoms with E-state index in [4.69, 9.17) is 28.2 Å². The normalized spacial score (nSPS) is 24.4. The standard InChI is InChI=1S/C18H18Cl2N4/c1-10-6-12(18-22-9-17-15(24-18)4-5-21-17)8-16(23-10)11-2-3-13(19)14(20)7-11/h2-5,7,9-10,12,16,21,23H,6,8H2,1H3. The number of aromatic nitrogens is 3. The van der Waals surface area contributed by atoms with Crippen molar-refractivity contribution in [3.05, 3.63) is 58.1 Å². The van der Waals surface area contributed by atoms with Crippen LogP contribution >= 0.6 is 23.2 Å². The Morgan fingerprint density at radius 3 is 2.83 bits per heavy atom. The third kappa shape index (κ3) is 3.02. The molecule has 0 spiro atoms. The zero-order valence-electron chi connectivity index (χ0n) is 13.3. The SMILES string of the molecule is CC1CC(c2ncc3[nH]ccc3n2)CC(c2ccc(Cl)c(Cl)c2)N1. The summed E-state index contributed by atoms with van der Waals surface area (Å²) in [6.07, 6.45) is 5.73. The lowest BCUT2D eigenvalue weighted by Crippen LogP contribution is -2.38. The molecular weight excluding hydrogens is 343 g/mol. The molecule has 1 saturated heterocycles. The fourth-order valence-electron chi connectivity index (χ4n) is 3.51. The molecule has 124 valence electrons. The lowest BCUT2D eigenvalue weighted by atomic mass is 9.85. The highest BCUT2D eigenvalue weighted by atomic mass is 35.5. The largest absolute Gasteiger partial charge is 0.359 e. The van der Waals surface area contributed by atoms with Gasteiger partial charge < -0.3 is 10.3 Å². The van der Waals surface area contributed by atoms with Gasteiger partial charge in [-0.05, 0) is 43.5 Å². The summed E-state index contributed by atoms with van der Waals surface area (Å²) < 4.78 is 0. The number of aromatic amines is 1. The molecule has 4 nitrogen and oxygen atoms in total. The summed E-state index contributed by atoms with van der Waals surface area (Å²) in [6, 6.07) is 8.44. The monoisotopic (exact) mass is 360 g/mol. The average molecular weight is 361 g/mol. The van der Waals surface area contributed by atoms with E-state index >= 15 is 0 Å². The molecule has 0 amide bonds. The molecule has 3 aromatic rings. The Labute approximate surface area is 150 Å². The van der Waals surface area contributed by atoms with Gasteiger partial charge in [0.1, 0.15) is 5.82 Å². The number of nitrogens with zero attached hydrogens (tertiary/aromatic N) is 2. The number of hydrogen-bond donors (Lipinski definition) is 2. The lowest BCUT2D eigenvalue weighted by molar-refractivity contribution is 0.300. The van der Waals surface area contributed by atoms with Gasteiger partial charge in [0.05, 0.1) is 27.3 Å². The molecule has 3 atom stereocenters. The van der Waals surface area contributed by atoms with Gasteiger partial charge in [0.2, 0.25) is 0 Å². The van der Waals surface area contributed by atoms with E-state index in [1.807, 2.05) is 36.7 Å². The molecule has 6 heteroatoms. The summed E-state index contributed by atoms with van der Waals surface area (Å²) >= 11 is 12.2. The van der Waals surface area contributed by atoms with Gasteiger partial charge >= 0.3 is 0 Å². The number of nitrogens with one attached hydrogen (secondary N) is 2. The number of fused-ring (bicyclic) bond motifs is 1. The minimum atomic E-state index is 0.221. The van der Waals surface area contributed by atoms with Gasteiger partial charge in [-0.2, -0.15) is 0 Å². The number of benzene rings is 1. The van der Waals surface area contributed by atoms with Crippen LogP contribution in [-0.4, -0.2) is 21.0 Å². The van der Waals surface area contributed by atoms with Gasteiger partial charge in [0.15, 0.2) is 0 Å². The van der Waals surface area contributed by atoms with E-state index in [0.717, 1.165) is 35.3 Å². The van der Waals surface area contributed by atoms with E-state index in [1.54, 1.807) is 0 Å². The predicted molar refractivity (Wildman–Crippen MR) is 97.7 cm³/mol. The van der Waals surface area contributed by atoms with Crippen molar-refractivity contribution in [3.8, 4) is 0 Å². The first kappa shape index (κ1) is 15.9. The summed E-state index contributed by atoms with van der Waals surface area (Å²) in [4.78, 5) is 12.5. The highest BCUT2D eigenvalue weighted by Gasteiger charge is 2.30. The Morgan fingerprint density at radius 1 is 1.12 bits per heavy atom. The number of H-pyrrole nitrogens is 1. The maximum absolute atomic E-state index is 6.19. The van der Waals surface area contributed by atoms with Gasteiger partial charge in [0.25, 0.3) is 0 Å². The molecule has 3 unspecified atom stereocenters. The third-order valence-electron chi connectivity index (χ3n) is 4.67. The second-order valence-electron chi connectivity index (χ2n) is 6.47.